The third kappa shape index (κ3) is 1.83. The summed E-state index contributed by atoms with van der Waals surface area (Å²) in [4.78, 5) is 4.06. The molecule has 5 nitrogen and oxygen atoms in total. The van der Waals surface area contributed by atoms with Gasteiger partial charge < -0.3 is 10.2 Å². The van der Waals surface area contributed by atoms with Crippen LogP contribution in [-0.4, -0.2) is 36.7 Å². The Morgan fingerprint density at radius 2 is 2.27 bits per heavy atom. The summed E-state index contributed by atoms with van der Waals surface area (Å²) in [5.41, 5.74) is 1.10. The number of hydrogen-bond donors (Lipinski definition) is 3. The normalized spacial score (nSPS) is 15.4. The van der Waals surface area contributed by atoms with E-state index in [9.17, 15) is 10.2 Å². The van der Waals surface area contributed by atoms with Gasteiger partial charge in [-0.2, -0.15) is 17.7 Å². The van der Waals surface area contributed by atoms with Gasteiger partial charge in [-0.3, -0.25) is 0 Å². The number of hydrogen-bond acceptors (Lipinski definition) is 5. The Morgan fingerprint density at radius 3 is 3.00 bits per heavy atom. The molecule has 2 atom stereocenters. The topological polar surface area (TPSA) is 70.7 Å². The van der Waals surface area contributed by atoms with E-state index in [0.29, 0.717) is 11.3 Å². The van der Waals surface area contributed by atoms with E-state index in [1.165, 1.54) is 10.7 Å². The second-order valence-electron chi connectivity index (χ2n) is 3.17. The Balaban J connectivity index is 2.43. The van der Waals surface area contributed by atoms with E-state index < -0.39 is 12.2 Å². The number of aliphatic hydroxyl groups excluding tert-OH is 2. The van der Waals surface area contributed by atoms with E-state index in [-0.39, 0.29) is 5.75 Å². The summed E-state index contributed by atoms with van der Waals surface area (Å²) in [5, 5.41) is 23.3. The molecule has 2 aromatic rings. The van der Waals surface area contributed by atoms with E-state index in [1.54, 1.807) is 18.3 Å². The fraction of sp³-hybridized carbons (Fsp3) is 0.333. The Kier molecular flexibility index (Phi) is 2.90. The second-order valence-corrected chi connectivity index (χ2v) is 3.54. The highest BCUT2D eigenvalue weighted by molar-refractivity contribution is 7.80. The van der Waals surface area contributed by atoms with Crippen LogP contribution in [0.5, 0.6) is 0 Å². The van der Waals surface area contributed by atoms with Crippen molar-refractivity contribution < 1.29 is 10.2 Å². The summed E-state index contributed by atoms with van der Waals surface area (Å²) < 4.78 is 1.50. The van der Waals surface area contributed by atoms with Crippen LogP contribution in [0.25, 0.3) is 5.65 Å². The van der Waals surface area contributed by atoms with Gasteiger partial charge in [0.15, 0.2) is 5.65 Å². The van der Waals surface area contributed by atoms with Gasteiger partial charge in [-0.05, 0) is 12.1 Å². The van der Waals surface area contributed by atoms with Crippen LogP contribution in [-0.2, 0) is 0 Å². The van der Waals surface area contributed by atoms with E-state index >= 15 is 0 Å². The molecule has 0 spiro atoms. The highest BCUT2D eigenvalue weighted by atomic mass is 32.1. The quantitative estimate of drug-likeness (QED) is 0.646. The summed E-state index contributed by atoms with van der Waals surface area (Å²) in [7, 11) is 0. The molecule has 0 aromatic carbocycles. The predicted octanol–water partition coefficient (Wildman–Crippen LogP) is 0.0534. The first-order chi connectivity index (χ1) is 7.24. The molecule has 0 amide bonds. The minimum atomic E-state index is -1.02. The molecule has 15 heavy (non-hydrogen) atoms. The van der Waals surface area contributed by atoms with Gasteiger partial charge in [0.05, 0.1) is 18.0 Å². The predicted molar refractivity (Wildman–Crippen MR) is 57.8 cm³/mol. The monoisotopic (exact) mass is 225 g/mol. The van der Waals surface area contributed by atoms with Crippen molar-refractivity contribution in [3.63, 3.8) is 0 Å². The van der Waals surface area contributed by atoms with E-state index in [4.69, 9.17) is 0 Å². The van der Waals surface area contributed by atoms with Crippen LogP contribution in [0.2, 0.25) is 0 Å². The van der Waals surface area contributed by atoms with Gasteiger partial charge in [0, 0.05) is 11.9 Å². The number of fused-ring (bicyclic) bond motifs is 1. The molecule has 2 N–H and O–H groups in total. The van der Waals surface area contributed by atoms with Crippen LogP contribution in [0, 0.1) is 0 Å². The summed E-state index contributed by atoms with van der Waals surface area (Å²) in [6.07, 6.45) is 1.15. The summed E-state index contributed by atoms with van der Waals surface area (Å²) in [6.45, 7) is 0. The van der Waals surface area contributed by atoms with Crippen LogP contribution in [0.4, 0.5) is 0 Å². The lowest BCUT2D eigenvalue weighted by molar-refractivity contribution is 0.0299. The van der Waals surface area contributed by atoms with Gasteiger partial charge in [-0.15, -0.1) is 0 Å². The van der Waals surface area contributed by atoms with E-state index in [1.807, 2.05) is 0 Å². The molecule has 0 saturated heterocycles. The number of imidazole rings is 1. The van der Waals surface area contributed by atoms with Crippen molar-refractivity contribution in [2.75, 3.05) is 5.75 Å². The summed E-state index contributed by atoms with van der Waals surface area (Å²) in [5.74, 6) is 0.182. The molecule has 2 aromatic heterocycles. The fourth-order valence-corrected chi connectivity index (χ4v) is 1.55. The number of aliphatic hydroxyl groups is 2. The van der Waals surface area contributed by atoms with Crippen molar-refractivity contribution in [3.05, 3.63) is 30.2 Å². The molecule has 0 aliphatic carbocycles. The second kappa shape index (κ2) is 4.18. The number of thiol groups is 1. The molecule has 0 radical (unpaired) electrons. The van der Waals surface area contributed by atoms with Crippen LogP contribution in [0.15, 0.2) is 24.5 Å². The summed E-state index contributed by atoms with van der Waals surface area (Å²) in [6, 6.07) is 3.53. The zero-order valence-electron chi connectivity index (χ0n) is 7.85. The molecule has 0 aliphatic heterocycles. The third-order valence-electron chi connectivity index (χ3n) is 2.16. The number of nitrogens with zero attached hydrogens (tertiary/aromatic N) is 3. The minimum Gasteiger partial charge on any atom is -0.389 e. The highest BCUT2D eigenvalue weighted by Crippen LogP contribution is 2.17. The standard InChI is InChI=1S/C9H11N3O2S/c13-7(5-15)9(14)6-4-10-8-2-1-3-11-12(6)8/h1-4,7,9,13-15H,5H2. The van der Waals surface area contributed by atoms with Gasteiger partial charge in [-0.25, -0.2) is 9.50 Å². The maximum Gasteiger partial charge on any atom is 0.153 e. The first-order valence-corrected chi connectivity index (χ1v) is 5.13. The van der Waals surface area contributed by atoms with Gasteiger partial charge in [-0.1, -0.05) is 0 Å². The van der Waals surface area contributed by atoms with Crippen molar-refractivity contribution in [1.29, 1.82) is 0 Å². The first-order valence-electron chi connectivity index (χ1n) is 4.49. The average Bonchev–Trinajstić information content (AvgIpc) is 2.70. The molecule has 0 bridgehead atoms. The number of rotatable bonds is 3. The molecule has 6 heteroatoms. The maximum atomic E-state index is 9.78. The van der Waals surface area contributed by atoms with Crippen molar-refractivity contribution in [3.8, 4) is 0 Å². The Bertz CT molecular complexity index is 459. The molecule has 0 fully saturated rings. The van der Waals surface area contributed by atoms with Crippen LogP contribution >= 0.6 is 12.6 Å². The van der Waals surface area contributed by atoms with E-state index in [0.717, 1.165) is 0 Å². The molecule has 2 rings (SSSR count). The van der Waals surface area contributed by atoms with Gasteiger partial charge in [0.1, 0.15) is 6.10 Å². The Morgan fingerprint density at radius 1 is 1.47 bits per heavy atom. The van der Waals surface area contributed by atoms with Crippen LogP contribution in [0.3, 0.4) is 0 Å². The largest absolute Gasteiger partial charge is 0.389 e. The molecule has 0 aliphatic rings. The first kappa shape index (κ1) is 10.4. The van der Waals surface area contributed by atoms with Crippen molar-refractivity contribution >= 4 is 18.3 Å². The van der Waals surface area contributed by atoms with Crippen molar-refractivity contribution in [2.45, 2.75) is 12.2 Å². The summed E-state index contributed by atoms with van der Waals surface area (Å²) >= 11 is 3.92. The highest BCUT2D eigenvalue weighted by Gasteiger charge is 2.20. The lowest BCUT2D eigenvalue weighted by Gasteiger charge is -2.14. The lowest BCUT2D eigenvalue weighted by atomic mass is 10.2. The number of aromatic nitrogens is 3. The van der Waals surface area contributed by atoms with Gasteiger partial charge in [0.2, 0.25) is 0 Å². The van der Waals surface area contributed by atoms with Crippen molar-refractivity contribution in [1.82, 2.24) is 14.6 Å². The van der Waals surface area contributed by atoms with Crippen LogP contribution < -0.4 is 0 Å². The van der Waals surface area contributed by atoms with Gasteiger partial charge in [0.25, 0.3) is 0 Å². The zero-order chi connectivity index (χ0) is 10.8. The zero-order valence-corrected chi connectivity index (χ0v) is 8.75. The molecule has 2 heterocycles. The Hall–Kier alpha value is -1.11. The van der Waals surface area contributed by atoms with Gasteiger partial charge >= 0.3 is 0 Å². The average molecular weight is 225 g/mol. The van der Waals surface area contributed by atoms with E-state index in [2.05, 4.69) is 22.7 Å². The smallest absolute Gasteiger partial charge is 0.153 e. The third-order valence-corrected chi connectivity index (χ3v) is 2.53. The molecule has 80 valence electrons. The molecular weight excluding hydrogens is 214 g/mol. The Labute approximate surface area is 91.8 Å². The van der Waals surface area contributed by atoms with Crippen LogP contribution in [0.1, 0.15) is 11.8 Å². The minimum absolute atomic E-state index is 0.182. The molecule has 0 saturated carbocycles. The maximum absolute atomic E-state index is 9.78. The molecule has 2 unspecified atom stereocenters. The van der Waals surface area contributed by atoms with Crippen molar-refractivity contribution in [2.24, 2.45) is 0 Å². The fourth-order valence-electron chi connectivity index (χ4n) is 1.35. The molecular formula is C9H11N3O2S. The lowest BCUT2D eigenvalue weighted by Crippen LogP contribution is -2.21. The SMILES string of the molecule is OC(CS)C(O)c1cnc2cccnn12.